The maximum Gasteiger partial charge on any atom is 0.271 e. The van der Waals surface area contributed by atoms with Crippen LogP contribution in [0.5, 0.6) is 0 Å². The van der Waals surface area contributed by atoms with Crippen LogP contribution in [0.15, 0.2) is 24.3 Å². The van der Waals surface area contributed by atoms with E-state index in [-0.39, 0.29) is 5.69 Å². The van der Waals surface area contributed by atoms with Crippen LogP contribution in [0, 0.1) is 0 Å². The van der Waals surface area contributed by atoms with E-state index in [9.17, 15) is 4.79 Å². The van der Waals surface area contributed by atoms with Gasteiger partial charge in [-0.05, 0) is 24.3 Å². The summed E-state index contributed by atoms with van der Waals surface area (Å²) in [7, 11) is 0. The minimum Gasteiger partial charge on any atom is -0.364 e. The van der Waals surface area contributed by atoms with Gasteiger partial charge in [0.25, 0.3) is 5.91 Å². The fourth-order valence-electron chi connectivity index (χ4n) is 2.26. The monoisotopic (exact) mass is 242 g/mol. The van der Waals surface area contributed by atoms with Gasteiger partial charge in [0.05, 0.1) is 0 Å². The molecule has 1 heterocycles. The Morgan fingerprint density at radius 3 is 2.50 bits per heavy atom. The summed E-state index contributed by atoms with van der Waals surface area (Å²) in [4.78, 5) is 11.2. The van der Waals surface area contributed by atoms with Crippen LogP contribution in [0.2, 0.25) is 0 Å². The Kier molecular flexibility index (Phi) is 2.59. The maximum atomic E-state index is 11.2. The minimum atomic E-state index is -0.568. The van der Waals surface area contributed by atoms with Gasteiger partial charge >= 0.3 is 0 Å². The van der Waals surface area contributed by atoms with E-state index in [1.165, 1.54) is 24.8 Å². The summed E-state index contributed by atoms with van der Waals surface area (Å²) in [5, 5.41) is 10.2. The molecule has 0 aliphatic heterocycles. The van der Waals surface area contributed by atoms with Crippen LogP contribution in [0.4, 0.5) is 0 Å². The van der Waals surface area contributed by atoms with Gasteiger partial charge in [-0.15, -0.1) is 0 Å². The fourth-order valence-corrected chi connectivity index (χ4v) is 2.26. The summed E-state index contributed by atoms with van der Waals surface area (Å²) in [5.41, 5.74) is 8.16. The van der Waals surface area contributed by atoms with Gasteiger partial charge in [0, 0.05) is 5.56 Å². The van der Waals surface area contributed by atoms with Crippen LogP contribution < -0.4 is 5.73 Å². The van der Waals surface area contributed by atoms with Gasteiger partial charge in [-0.2, -0.15) is 15.4 Å². The van der Waals surface area contributed by atoms with Crippen molar-refractivity contribution in [3.8, 4) is 11.3 Å². The average molecular weight is 242 g/mol. The van der Waals surface area contributed by atoms with Crippen molar-refractivity contribution in [2.24, 2.45) is 5.73 Å². The predicted octanol–water partition coefficient (Wildman–Crippen LogP) is 1.84. The Bertz CT molecular complexity index is 569. The Balaban J connectivity index is 1.92. The van der Waals surface area contributed by atoms with Crippen LogP contribution in [-0.4, -0.2) is 21.3 Å². The third kappa shape index (κ3) is 1.77. The predicted molar refractivity (Wildman–Crippen MR) is 66.9 cm³/mol. The van der Waals surface area contributed by atoms with E-state index in [0.717, 1.165) is 5.56 Å². The number of rotatable bonds is 3. The zero-order chi connectivity index (χ0) is 12.5. The first-order chi connectivity index (χ1) is 8.75. The van der Waals surface area contributed by atoms with Crippen molar-refractivity contribution in [2.75, 3.05) is 0 Å². The van der Waals surface area contributed by atoms with E-state index in [4.69, 9.17) is 5.73 Å². The van der Waals surface area contributed by atoms with Crippen molar-refractivity contribution < 1.29 is 4.79 Å². The molecule has 1 saturated carbocycles. The molecule has 5 nitrogen and oxygen atoms in total. The zero-order valence-electron chi connectivity index (χ0n) is 9.89. The minimum absolute atomic E-state index is 0.186. The van der Waals surface area contributed by atoms with Crippen molar-refractivity contribution in [3.05, 3.63) is 35.5 Å². The zero-order valence-corrected chi connectivity index (χ0v) is 9.89. The first-order valence-electron chi connectivity index (χ1n) is 6.06. The maximum absolute atomic E-state index is 11.2. The number of nitrogens with one attached hydrogen (secondary N) is 1. The normalized spacial score (nSPS) is 15.3. The highest BCUT2D eigenvalue weighted by atomic mass is 16.1. The van der Waals surface area contributed by atoms with Crippen molar-refractivity contribution in [3.63, 3.8) is 0 Å². The molecule has 2 aromatic rings. The molecule has 3 rings (SSSR count). The van der Waals surface area contributed by atoms with Gasteiger partial charge in [-0.1, -0.05) is 30.7 Å². The molecule has 0 atom stereocenters. The quantitative estimate of drug-likeness (QED) is 0.861. The third-order valence-electron chi connectivity index (χ3n) is 3.54. The largest absolute Gasteiger partial charge is 0.364 e. The third-order valence-corrected chi connectivity index (χ3v) is 3.54. The first kappa shape index (κ1) is 11.0. The highest BCUT2D eigenvalue weighted by molar-refractivity contribution is 5.96. The van der Waals surface area contributed by atoms with E-state index in [0.29, 0.717) is 11.6 Å². The lowest BCUT2D eigenvalue weighted by Gasteiger charge is -2.25. The number of hydrogen-bond donors (Lipinski definition) is 2. The Morgan fingerprint density at radius 1 is 1.22 bits per heavy atom. The second-order valence-electron chi connectivity index (χ2n) is 4.63. The van der Waals surface area contributed by atoms with E-state index in [1.54, 1.807) is 0 Å². The number of benzene rings is 1. The van der Waals surface area contributed by atoms with Gasteiger partial charge in [0.1, 0.15) is 5.69 Å². The topological polar surface area (TPSA) is 84.7 Å². The molecule has 5 heteroatoms. The SMILES string of the molecule is NC(=O)c1n[nH]nc1-c1ccc(C2CCC2)cc1. The fraction of sp³-hybridized carbons (Fsp3) is 0.308. The standard InChI is InChI=1S/C13H14N4O/c14-13(18)12-11(15-17-16-12)10-6-4-9(5-7-10)8-2-1-3-8/h4-8H,1-3H2,(H2,14,18)(H,15,16,17). The summed E-state index contributed by atoms with van der Waals surface area (Å²) in [6.07, 6.45) is 3.87. The Morgan fingerprint density at radius 2 is 1.94 bits per heavy atom. The second kappa shape index (κ2) is 4.25. The molecule has 0 saturated heterocycles. The number of hydrogen-bond acceptors (Lipinski definition) is 3. The number of carbonyl (C=O) groups is 1. The summed E-state index contributed by atoms with van der Waals surface area (Å²) >= 11 is 0. The highest BCUT2D eigenvalue weighted by Gasteiger charge is 2.20. The van der Waals surface area contributed by atoms with Gasteiger partial charge < -0.3 is 5.73 Å². The number of primary amides is 1. The molecular weight excluding hydrogens is 228 g/mol. The molecule has 1 aliphatic carbocycles. The highest BCUT2D eigenvalue weighted by Crippen LogP contribution is 2.36. The molecule has 0 unspecified atom stereocenters. The van der Waals surface area contributed by atoms with Gasteiger partial charge in [-0.3, -0.25) is 4.79 Å². The smallest absolute Gasteiger partial charge is 0.271 e. The van der Waals surface area contributed by atoms with E-state index in [1.807, 2.05) is 12.1 Å². The second-order valence-corrected chi connectivity index (χ2v) is 4.63. The van der Waals surface area contributed by atoms with Crippen LogP contribution in [0.3, 0.4) is 0 Å². The molecule has 1 aromatic carbocycles. The molecule has 1 aliphatic rings. The molecule has 3 N–H and O–H groups in total. The first-order valence-corrected chi connectivity index (χ1v) is 6.06. The van der Waals surface area contributed by atoms with Crippen LogP contribution in [0.1, 0.15) is 41.2 Å². The average Bonchev–Trinajstić information content (AvgIpc) is 2.76. The van der Waals surface area contributed by atoms with Gasteiger partial charge in [0.15, 0.2) is 5.69 Å². The number of nitrogens with zero attached hydrogens (tertiary/aromatic N) is 2. The van der Waals surface area contributed by atoms with Crippen molar-refractivity contribution >= 4 is 5.91 Å². The molecule has 1 fully saturated rings. The summed E-state index contributed by atoms with van der Waals surface area (Å²) in [5.74, 6) is 0.133. The van der Waals surface area contributed by atoms with Crippen LogP contribution >= 0.6 is 0 Å². The lowest BCUT2D eigenvalue weighted by Crippen LogP contribution is -2.12. The van der Waals surface area contributed by atoms with Crippen molar-refractivity contribution in [2.45, 2.75) is 25.2 Å². The Labute approximate surface area is 104 Å². The summed E-state index contributed by atoms with van der Waals surface area (Å²) in [6.45, 7) is 0. The number of aromatic amines is 1. The van der Waals surface area contributed by atoms with E-state index < -0.39 is 5.91 Å². The molecule has 0 radical (unpaired) electrons. The van der Waals surface area contributed by atoms with E-state index >= 15 is 0 Å². The molecule has 18 heavy (non-hydrogen) atoms. The van der Waals surface area contributed by atoms with Crippen LogP contribution in [-0.2, 0) is 0 Å². The Hall–Kier alpha value is -2.17. The number of H-pyrrole nitrogens is 1. The molecule has 0 spiro atoms. The summed E-state index contributed by atoms with van der Waals surface area (Å²) in [6, 6.07) is 8.13. The number of amides is 1. The number of aromatic nitrogens is 3. The molecule has 1 amide bonds. The van der Waals surface area contributed by atoms with Crippen molar-refractivity contribution in [1.82, 2.24) is 15.4 Å². The lowest BCUT2D eigenvalue weighted by atomic mass is 9.80. The van der Waals surface area contributed by atoms with E-state index in [2.05, 4.69) is 27.5 Å². The van der Waals surface area contributed by atoms with Gasteiger partial charge in [-0.25, -0.2) is 0 Å². The molecule has 92 valence electrons. The summed E-state index contributed by atoms with van der Waals surface area (Å²) < 4.78 is 0. The molecule has 1 aromatic heterocycles. The molecular formula is C13H14N4O. The van der Waals surface area contributed by atoms with Crippen molar-refractivity contribution in [1.29, 1.82) is 0 Å². The lowest BCUT2D eigenvalue weighted by molar-refractivity contribution is 0.0996. The number of carbonyl (C=O) groups excluding carboxylic acids is 1. The van der Waals surface area contributed by atoms with Gasteiger partial charge in [0.2, 0.25) is 0 Å². The van der Waals surface area contributed by atoms with Crippen LogP contribution in [0.25, 0.3) is 11.3 Å². The molecule has 0 bridgehead atoms. The number of nitrogens with two attached hydrogens (primary N) is 1.